The monoisotopic (exact) mass is 378 g/mol. The number of ether oxygens (including phenoxy) is 1. The second-order valence-corrected chi connectivity index (χ2v) is 8.61. The Hall–Kier alpha value is -2.40. The number of hydrogen-bond donors (Lipinski definition) is 0. The van der Waals surface area contributed by atoms with Crippen LogP contribution in [-0.2, 0) is 19.4 Å². The van der Waals surface area contributed by atoms with Gasteiger partial charge in [-0.15, -0.1) is 0 Å². The van der Waals surface area contributed by atoms with Crippen LogP contribution in [0.15, 0.2) is 24.3 Å². The van der Waals surface area contributed by atoms with Crippen molar-refractivity contribution in [3.8, 4) is 6.07 Å². The lowest BCUT2D eigenvalue weighted by Gasteiger charge is -2.33. The van der Waals surface area contributed by atoms with Crippen LogP contribution in [0.1, 0.15) is 42.6 Å². The summed E-state index contributed by atoms with van der Waals surface area (Å²) in [6, 6.07) is 7.41. The van der Waals surface area contributed by atoms with Crippen molar-refractivity contribution in [2.24, 2.45) is 0 Å². The van der Waals surface area contributed by atoms with Crippen molar-refractivity contribution in [1.82, 2.24) is 4.90 Å². The van der Waals surface area contributed by atoms with Gasteiger partial charge in [0.15, 0.2) is 16.4 Å². The molecule has 0 aliphatic carbocycles. The molecule has 1 fully saturated rings. The number of amides is 1. The molecule has 0 radical (unpaired) electrons. The Kier molecular flexibility index (Phi) is 6.37. The Morgan fingerprint density at radius 1 is 1.42 bits per heavy atom. The molecule has 8 heteroatoms. The number of nitrogens with zero attached hydrogens (tertiary/aromatic N) is 2. The highest BCUT2D eigenvalue weighted by atomic mass is 32.2. The lowest BCUT2D eigenvalue weighted by Crippen LogP contribution is -2.48. The van der Waals surface area contributed by atoms with Gasteiger partial charge >= 0.3 is 5.97 Å². The molecule has 0 spiro atoms. The summed E-state index contributed by atoms with van der Waals surface area (Å²) in [4.78, 5) is 26.2. The zero-order valence-corrected chi connectivity index (χ0v) is 15.7. The molecular formula is C18H22N2O5S. The van der Waals surface area contributed by atoms with E-state index in [0.29, 0.717) is 18.4 Å². The smallest absolute Gasteiger partial charge is 0.338 e. The van der Waals surface area contributed by atoms with E-state index < -0.39 is 28.3 Å². The van der Waals surface area contributed by atoms with E-state index in [9.17, 15) is 18.0 Å². The van der Waals surface area contributed by atoms with Crippen molar-refractivity contribution < 1.29 is 22.7 Å². The number of hydrogen-bond acceptors (Lipinski definition) is 6. The summed E-state index contributed by atoms with van der Waals surface area (Å²) in [5.41, 5.74) is 0.513. The van der Waals surface area contributed by atoms with Crippen LogP contribution in [0.2, 0.25) is 0 Å². The predicted molar refractivity (Wildman–Crippen MR) is 95.1 cm³/mol. The topological polar surface area (TPSA) is 105 Å². The normalized spacial score (nSPS) is 19.3. The van der Waals surface area contributed by atoms with Crippen molar-refractivity contribution in [3.05, 3.63) is 35.4 Å². The zero-order valence-electron chi connectivity index (χ0n) is 14.8. The van der Waals surface area contributed by atoms with E-state index in [0.717, 1.165) is 0 Å². The van der Waals surface area contributed by atoms with Crippen molar-refractivity contribution in [2.75, 3.05) is 18.1 Å². The third-order valence-electron chi connectivity index (χ3n) is 4.51. The number of carbonyl (C=O) groups excluding carboxylic acids is 2. The lowest BCUT2D eigenvalue weighted by atomic mass is 10.1. The van der Waals surface area contributed by atoms with Crippen LogP contribution >= 0.6 is 0 Å². The van der Waals surface area contributed by atoms with E-state index in [1.807, 2.05) is 19.9 Å². The maximum atomic E-state index is 12.6. The Labute approximate surface area is 153 Å². The molecular weight excluding hydrogens is 356 g/mol. The molecule has 1 aliphatic heterocycles. The highest BCUT2D eigenvalue weighted by Crippen LogP contribution is 2.21. The van der Waals surface area contributed by atoms with Gasteiger partial charge in [0.1, 0.15) is 0 Å². The summed E-state index contributed by atoms with van der Waals surface area (Å²) >= 11 is 0. The van der Waals surface area contributed by atoms with Gasteiger partial charge in [-0.1, -0.05) is 13.0 Å². The van der Waals surface area contributed by atoms with Gasteiger partial charge in [-0.2, -0.15) is 5.26 Å². The highest BCUT2D eigenvalue weighted by molar-refractivity contribution is 7.91. The molecule has 0 saturated carbocycles. The van der Waals surface area contributed by atoms with Crippen LogP contribution in [0, 0.1) is 11.3 Å². The van der Waals surface area contributed by atoms with Crippen molar-refractivity contribution in [3.63, 3.8) is 0 Å². The summed E-state index contributed by atoms with van der Waals surface area (Å²) in [7, 11) is -3.13. The van der Waals surface area contributed by atoms with E-state index in [2.05, 4.69) is 0 Å². The molecule has 0 unspecified atom stereocenters. The van der Waals surface area contributed by atoms with Gasteiger partial charge in [-0.05, 0) is 38.0 Å². The van der Waals surface area contributed by atoms with E-state index in [-0.39, 0.29) is 29.2 Å². The first-order valence-corrected chi connectivity index (χ1v) is 10.3. The van der Waals surface area contributed by atoms with Crippen LogP contribution in [-0.4, -0.2) is 55.4 Å². The van der Waals surface area contributed by atoms with Crippen molar-refractivity contribution in [2.45, 2.75) is 38.8 Å². The molecule has 1 aliphatic rings. The van der Waals surface area contributed by atoms with Gasteiger partial charge in [0.2, 0.25) is 0 Å². The molecule has 140 valence electrons. The van der Waals surface area contributed by atoms with E-state index in [1.54, 1.807) is 12.1 Å². The Morgan fingerprint density at radius 3 is 2.73 bits per heavy atom. The molecule has 1 heterocycles. The third-order valence-corrected chi connectivity index (χ3v) is 6.26. The fourth-order valence-corrected chi connectivity index (χ4v) is 4.71. The quantitative estimate of drug-likeness (QED) is 0.695. The van der Waals surface area contributed by atoms with Crippen molar-refractivity contribution >= 4 is 21.7 Å². The van der Waals surface area contributed by atoms with Crippen LogP contribution < -0.4 is 0 Å². The average molecular weight is 378 g/mol. The van der Waals surface area contributed by atoms with Crippen LogP contribution in [0.5, 0.6) is 0 Å². The second kappa shape index (κ2) is 8.32. The molecule has 1 amide bonds. The third kappa shape index (κ3) is 4.82. The summed E-state index contributed by atoms with van der Waals surface area (Å²) in [6.45, 7) is 3.30. The minimum absolute atomic E-state index is 0.0543. The zero-order chi connectivity index (χ0) is 19.3. The summed E-state index contributed by atoms with van der Waals surface area (Å²) < 4.78 is 28.6. The minimum Gasteiger partial charge on any atom is -0.452 e. The van der Waals surface area contributed by atoms with Crippen molar-refractivity contribution in [1.29, 1.82) is 5.26 Å². The molecule has 26 heavy (non-hydrogen) atoms. The van der Waals surface area contributed by atoms with E-state index >= 15 is 0 Å². The number of esters is 1. The maximum Gasteiger partial charge on any atom is 0.338 e. The number of carbonyl (C=O) groups is 2. The molecule has 1 saturated heterocycles. The standard InChI is InChI=1S/C18H22N2O5S/c1-3-13(2)20(16-7-8-26(23,24)12-16)17(21)11-25-18(22)15-6-4-5-14(9-15)10-19/h4-6,9,13,16H,3,7-8,11-12H2,1-2H3/t13-,16-/m0/s1. The van der Waals surface area contributed by atoms with Crippen LogP contribution in [0.25, 0.3) is 0 Å². The largest absolute Gasteiger partial charge is 0.452 e. The summed E-state index contributed by atoms with van der Waals surface area (Å²) in [5, 5.41) is 8.87. The molecule has 2 atom stereocenters. The van der Waals surface area contributed by atoms with Gasteiger partial charge in [0.25, 0.3) is 5.91 Å². The van der Waals surface area contributed by atoms with Gasteiger partial charge in [-0.3, -0.25) is 4.79 Å². The molecule has 0 aromatic heterocycles. The van der Waals surface area contributed by atoms with E-state index in [4.69, 9.17) is 10.00 Å². The SMILES string of the molecule is CC[C@H](C)N(C(=O)COC(=O)c1cccc(C#N)c1)[C@H]1CCS(=O)(=O)C1. The summed E-state index contributed by atoms with van der Waals surface area (Å²) in [6.07, 6.45) is 1.07. The average Bonchev–Trinajstić information content (AvgIpc) is 2.98. The Bertz CT molecular complexity index is 828. The first-order valence-electron chi connectivity index (χ1n) is 8.46. The molecule has 0 N–H and O–H groups in total. The fraction of sp³-hybridized carbons (Fsp3) is 0.500. The maximum absolute atomic E-state index is 12.6. The second-order valence-electron chi connectivity index (χ2n) is 6.38. The fourth-order valence-electron chi connectivity index (χ4n) is 3.00. The van der Waals surface area contributed by atoms with Crippen LogP contribution in [0.3, 0.4) is 0 Å². The van der Waals surface area contributed by atoms with Crippen LogP contribution in [0.4, 0.5) is 0 Å². The Morgan fingerprint density at radius 2 is 2.15 bits per heavy atom. The molecule has 1 aromatic rings. The predicted octanol–water partition coefficient (Wildman–Crippen LogP) is 1.53. The van der Waals surface area contributed by atoms with Gasteiger partial charge < -0.3 is 9.64 Å². The molecule has 0 bridgehead atoms. The molecule has 7 nitrogen and oxygen atoms in total. The minimum atomic E-state index is -3.13. The van der Waals surface area contributed by atoms with Gasteiger partial charge in [0, 0.05) is 12.1 Å². The number of sulfone groups is 1. The van der Waals surface area contributed by atoms with E-state index in [1.165, 1.54) is 17.0 Å². The number of rotatable bonds is 6. The molecule has 1 aromatic carbocycles. The van der Waals surface area contributed by atoms with Gasteiger partial charge in [0.05, 0.1) is 28.7 Å². The number of benzene rings is 1. The highest BCUT2D eigenvalue weighted by Gasteiger charge is 2.36. The number of nitriles is 1. The molecule has 2 rings (SSSR count). The first-order chi connectivity index (χ1) is 12.3. The lowest BCUT2D eigenvalue weighted by molar-refractivity contribution is -0.138. The van der Waals surface area contributed by atoms with Gasteiger partial charge in [-0.25, -0.2) is 13.2 Å². The first kappa shape index (κ1) is 19.9. The summed E-state index contributed by atoms with van der Waals surface area (Å²) in [5.74, 6) is -1.09. The Balaban J connectivity index is 2.05.